The lowest BCUT2D eigenvalue weighted by Gasteiger charge is -2.23. The van der Waals surface area contributed by atoms with E-state index in [0.29, 0.717) is 6.61 Å². The third kappa shape index (κ3) is 3.95. The SMILES string of the molecule is Cc1cc(C)cc(CONC(=O)C(C)(C)c2ccccc2)c1. The smallest absolute Gasteiger partial charge is 0.253 e. The van der Waals surface area contributed by atoms with Crippen molar-refractivity contribution < 1.29 is 9.63 Å². The predicted octanol–water partition coefficient (Wildman–Crippen LogP) is 3.83. The van der Waals surface area contributed by atoms with E-state index >= 15 is 0 Å². The molecule has 0 atom stereocenters. The van der Waals surface area contributed by atoms with Crippen molar-refractivity contribution in [3.8, 4) is 0 Å². The summed E-state index contributed by atoms with van der Waals surface area (Å²) in [4.78, 5) is 17.8. The number of amides is 1. The Morgan fingerprint density at radius 1 is 1.05 bits per heavy atom. The van der Waals surface area contributed by atoms with Gasteiger partial charge in [0.15, 0.2) is 0 Å². The Bertz CT molecular complexity index is 627. The van der Waals surface area contributed by atoms with Crippen molar-refractivity contribution >= 4 is 5.91 Å². The van der Waals surface area contributed by atoms with E-state index in [0.717, 1.165) is 11.1 Å². The molecule has 0 aromatic heterocycles. The monoisotopic (exact) mass is 297 g/mol. The van der Waals surface area contributed by atoms with Crippen LogP contribution in [0.4, 0.5) is 0 Å². The van der Waals surface area contributed by atoms with Crippen LogP contribution in [0.25, 0.3) is 0 Å². The first-order valence-electron chi connectivity index (χ1n) is 7.44. The van der Waals surface area contributed by atoms with Crippen LogP contribution in [0.15, 0.2) is 48.5 Å². The van der Waals surface area contributed by atoms with Crippen LogP contribution in [-0.2, 0) is 21.7 Å². The normalized spacial score (nSPS) is 11.3. The Balaban J connectivity index is 1.95. The molecule has 0 spiro atoms. The third-order valence-corrected chi connectivity index (χ3v) is 3.75. The summed E-state index contributed by atoms with van der Waals surface area (Å²) in [5.41, 5.74) is 6.33. The van der Waals surface area contributed by atoms with Gasteiger partial charge in [0.2, 0.25) is 0 Å². The summed E-state index contributed by atoms with van der Waals surface area (Å²) >= 11 is 0. The van der Waals surface area contributed by atoms with Gasteiger partial charge in [-0.2, -0.15) is 0 Å². The molecule has 0 saturated heterocycles. The van der Waals surface area contributed by atoms with E-state index in [1.807, 2.05) is 58.0 Å². The molecule has 0 unspecified atom stereocenters. The Labute approximate surface area is 132 Å². The largest absolute Gasteiger partial charge is 0.272 e. The number of hydrogen-bond acceptors (Lipinski definition) is 2. The highest BCUT2D eigenvalue weighted by atomic mass is 16.6. The Hall–Kier alpha value is -2.13. The molecular formula is C19H23NO2. The second-order valence-electron chi connectivity index (χ2n) is 6.21. The van der Waals surface area contributed by atoms with E-state index in [2.05, 4.69) is 23.7 Å². The number of aryl methyl sites for hydroxylation is 2. The zero-order valence-corrected chi connectivity index (χ0v) is 13.6. The molecular weight excluding hydrogens is 274 g/mol. The molecule has 2 rings (SSSR count). The first kappa shape index (κ1) is 16.2. The molecule has 2 aromatic carbocycles. The van der Waals surface area contributed by atoms with Crippen molar-refractivity contribution in [3.63, 3.8) is 0 Å². The van der Waals surface area contributed by atoms with Gasteiger partial charge >= 0.3 is 0 Å². The quantitative estimate of drug-likeness (QED) is 0.852. The second-order valence-corrected chi connectivity index (χ2v) is 6.21. The number of carbonyl (C=O) groups excluding carboxylic acids is 1. The molecule has 1 N–H and O–H groups in total. The van der Waals surface area contributed by atoms with E-state index in [-0.39, 0.29) is 5.91 Å². The van der Waals surface area contributed by atoms with Gasteiger partial charge in [0.05, 0.1) is 12.0 Å². The van der Waals surface area contributed by atoms with Crippen LogP contribution >= 0.6 is 0 Å². The van der Waals surface area contributed by atoms with Crippen LogP contribution in [-0.4, -0.2) is 5.91 Å². The summed E-state index contributed by atoms with van der Waals surface area (Å²) in [6, 6.07) is 15.9. The van der Waals surface area contributed by atoms with E-state index < -0.39 is 5.41 Å². The van der Waals surface area contributed by atoms with Gasteiger partial charge in [-0.25, -0.2) is 5.48 Å². The fourth-order valence-corrected chi connectivity index (χ4v) is 2.45. The molecule has 2 aromatic rings. The molecule has 0 heterocycles. The lowest BCUT2D eigenvalue weighted by atomic mass is 9.84. The highest BCUT2D eigenvalue weighted by molar-refractivity contribution is 5.86. The van der Waals surface area contributed by atoms with Gasteiger partial charge in [-0.3, -0.25) is 9.63 Å². The number of nitrogens with one attached hydrogen (secondary N) is 1. The van der Waals surface area contributed by atoms with Crippen molar-refractivity contribution in [2.45, 2.75) is 39.7 Å². The number of benzene rings is 2. The minimum Gasteiger partial charge on any atom is -0.272 e. The standard InChI is InChI=1S/C19H23NO2/c1-14-10-15(2)12-16(11-14)13-22-20-18(21)19(3,4)17-8-6-5-7-9-17/h5-12H,13H2,1-4H3,(H,20,21). The van der Waals surface area contributed by atoms with E-state index in [9.17, 15) is 4.79 Å². The first-order valence-corrected chi connectivity index (χ1v) is 7.44. The Kier molecular flexibility index (Phi) is 4.99. The van der Waals surface area contributed by atoms with E-state index in [1.165, 1.54) is 11.1 Å². The highest BCUT2D eigenvalue weighted by Gasteiger charge is 2.29. The zero-order chi connectivity index (χ0) is 16.2. The van der Waals surface area contributed by atoms with Crippen LogP contribution < -0.4 is 5.48 Å². The van der Waals surface area contributed by atoms with Crippen LogP contribution in [0.2, 0.25) is 0 Å². The third-order valence-electron chi connectivity index (χ3n) is 3.75. The van der Waals surface area contributed by atoms with Crippen molar-refractivity contribution in [2.24, 2.45) is 0 Å². The minimum absolute atomic E-state index is 0.150. The number of carbonyl (C=O) groups is 1. The van der Waals surface area contributed by atoms with Gasteiger partial charge in [0, 0.05) is 0 Å². The molecule has 1 amide bonds. The van der Waals surface area contributed by atoms with Gasteiger partial charge in [-0.05, 0) is 38.8 Å². The molecule has 0 aliphatic carbocycles. The summed E-state index contributed by atoms with van der Waals surface area (Å²) < 4.78 is 0. The fraction of sp³-hybridized carbons (Fsp3) is 0.316. The van der Waals surface area contributed by atoms with Gasteiger partial charge in [0.25, 0.3) is 5.91 Å². The van der Waals surface area contributed by atoms with Gasteiger partial charge < -0.3 is 0 Å². The van der Waals surface area contributed by atoms with Crippen LogP contribution in [0.5, 0.6) is 0 Å². The topological polar surface area (TPSA) is 38.3 Å². The van der Waals surface area contributed by atoms with Crippen molar-refractivity contribution in [3.05, 3.63) is 70.8 Å². The fourth-order valence-electron chi connectivity index (χ4n) is 2.45. The minimum atomic E-state index is -0.635. The molecule has 3 heteroatoms. The maximum atomic E-state index is 12.4. The average Bonchev–Trinajstić information content (AvgIpc) is 2.47. The molecule has 0 saturated carbocycles. The molecule has 0 fully saturated rings. The first-order chi connectivity index (χ1) is 10.4. The maximum absolute atomic E-state index is 12.4. The lowest BCUT2D eigenvalue weighted by Crippen LogP contribution is -2.39. The molecule has 22 heavy (non-hydrogen) atoms. The van der Waals surface area contributed by atoms with Crippen LogP contribution in [0, 0.1) is 13.8 Å². The second kappa shape index (κ2) is 6.75. The molecule has 0 bridgehead atoms. The summed E-state index contributed by atoms with van der Waals surface area (Å²) in [6.07, 6.45) is 0. The molecule has 116 valence electrons. The molecule has 0 radical (unpaired) electrons. The number of hydroxylamine groups is 1. The lowest BCUT2D eigenvalue weighted by molar-refractivity contribution is -0.139. The summed E-state index contributed by atoms with van der Waals surface area (Å²) in [7, 11) is 0. The van der Waals surface area contributed by atoms with Crippen LogP contribution in [0.3, 0.4) is 0 Å². The summed E-state index contributed by atoms with van der Waals surface area (Å²) in [6.45, 7) is 8.23. The van der Waals surface area contributed by atoms with E-state index in [4.69, 9.17) is 4.84 Å². The maximum Gasteiger partial charge on any atom is 0.253 e. The molecule has 3 nitrogen and oxygen atoms in total. The Morgan fingerprint density at radius 3 is 2.23 bits per heavy atom. The van der Waals surface area contributed by atoms with Crippen LogP contribution in [0.1, 0.15) is 36.1 Å². The van der Waals surface area contributed by atoms with Gasteiger partial charge in [0.1, 0.15) is 0 Å². The Morgan fingerprint density at radius 2 is 1.64 bits per heavy atom. The van der Waals surface area contributed by atoms with E-state index in [1.54, 1.807) is 0 Å². The number of rotatable bonds is 5. The van der Waals surface area contributed by atoms with Crippen molar-refractivity contribution in [2.75, 3.05) is 0 Å². The number of hydrogen-bond donors (Lipinski definition) is 1. The van der Waals surface area contributed by atoms with Crippen molar-refractivity contribution in [1.29, 1.82) is 0 Å². The zero-order valence-electron chi connectivity index (χ0n) is 13.6. The summed E-state index contributed by atoms with van der Waals surface area (Å²) in [5, 5.41) is 0. The predicted molar refractivity (Wildman–Crippen MR) is 88.3 cm³/mol. The average molecular weight is 297 g/mol. The highest BCUT2D eigenvalue weighted by Crippen LogP contribution is 2.23. The molecule has 0 aliphatic rings. The van der Waals surface area contributed by atoms with Crippen molar-refractivity contribution in [1.82, 2.24) is 5.48 Å². The summed E-state index contributed by atoms with van der Waals surface area (Å²) in [5.74, 6) is -0.150. The van der Waals surface area contributed by atoms with Gasteiger partial charge in [-0.1, -0.05) is 59.7 Å². The van der Waals surface area contributed by atoms with Gasteiger partial charge in [-0.15, -0.1) is 0 Å². The molecule has 0 aliphatic heterocycles.